The molecular weight excluding hydrogens is 341 g/mol. The van der Waals surface area contributed by atoms with Crippen molar-refractivity contribution >= 4 is 17.6 Å². The number of ketones is 2. The number of methoxy groups -OCH3 is 1. The van der Waals surface area contributed by atoms with Crippen LogP contribution < -0.4 is 10.9 Å². The summed E-state index contributed by atoms with van der Waals surface area (Å²) in [4.78, 5) is 27.1. The van der Waals surface area contributed by atoms with E-state index in [4.69, 9.17) is 4.74 Å². The second kappa shape index (κ2) is 9.38. The van der Waals surface area contributed by atoms with Gasteiger partial charge in [0.25, 0.3) is 0 Å². The number of carbonyl (C=O) groups excluding carboxylic acids is 2. The van der Waals surface area contributed by atoms with Crippen LogP contribution in [0.5, 0.6) is 0 Å². The molecule has 0 spiro atoms. The zero-order chi connectivity index (χ0) is 15.8. The molecule has 0 aromatic heterocycles. The van der Waals surface area contributed by atoms with Gasteiger partial charge in [-0.3, -0.25) is 15.0 Å². The molecule has 0 unspecified atom stereocenters. The molecule has 7 heteroatoms. The van der Waals surface area contributed by atoms with E-state index in [1.165, 1.54) is 31.7 Å². The third-order valence-electron chi connectivity index (χ3n) is 2.76. The Morgan fingerprint density at radius 2 is 1.57 bits per heavy atom. The van der Waals surface area contributed by atoms with Gasteiger partial charge < -0.3 is 10.2 Å². The Morgan fingerprint density at radius 1 is 1.00 bits per heavy atom. The van der Waals surface area contributed by atoms with Crippen LogP contribution in [0.3, 0.4) is 0 Å². The molecule has 2 rings (SSSR count). The molecule has 0 saturated carbocycles. The Balaban J connectivity index is 0.00000264. The number of amidine groups is 1. The number of nitrogens with zero attached hydrogens (tertiary/aromatic N) is 1. The van der Waals surface area contributed by atoms with E-state index in [2.05, 4.69) is 15.8 Å². The topological polar surface area (TPSA) is 79.8 Å². The molecule has 0 atom stereocenters. The predicted molar refractivity (Wildman–Crippen MR) is 83.5 cm³/mol. The first-order valence-corrected chi connectivity index (χ1v) is 6.52. The minimum absolute atomic E-state index is 0. The van der Waals surface area contributed by atoms with Crippen molar-refractivity contribution in [1.82, 2.24) is 10.9 Å². The molecular formula is C16H15N3NiO3. The third kappa shape index (κ3) is 5.56. The van der Waals surface area contributed by atoms with Crippen molar-refractivity contribution < 1.29 is 30.8 Å². The average molecular weight is 356 g/mol. The summed E-state index contributed by atoms with van der Waals surface area (Å²) in [7, 11) is 1.44. The molecule has 0 heterocycles. The Labute approximate surface area is 144 Å². The molecule has 23 heavy (non-hydrogen) atoms. The molecule has 0 aromatic rings. The summed E-state index contributed by atoms with van der Waals surface area (Å²) in [5.41, 5.74) is 6.35. The predicted octanol–water partition coefficient (Wildman–Crippen LogP) is 1.24. The van der Waals surface area contributed by atoms with E-state index in [-0.39, 0.29) is 34.1 Å². The summed E-state index contributed by atoms with van der Waals surface area (Å²) in [6.07, 6.45) is 16.0. The van der Waals surface area contributed by atoms with Gasteiger partial charge >= 0.3 is 6.02 Å². The van der Waals surface area contributed by atoms with Crippen LogP contribution in [0, 0.1) is 0 Å². The molecule has 0 aliphatic heterocycles. The van der Waals surface area contributed by atoms with Gasteiger partial charge in [0, 0.05) is 40.0 Å². The maximum absolute atomic E-state index is 11.5. The summed E-state index contributed by atoms with van der Waals surface area (Å²) in [5.74, 6) is -0.221. The summed E-state index contributed by atoms with van der Waals surface area (Å²) < 4.78 is 5.03. The van der Waals surface area contributed by atoms with Gasteiger partial charge in [0.05, 0.1) is 7.11 Å². The summed E-state index contributed by atoms with van der Waals surface area (Å²) in [6.45, 7) is 0. The first-order chi connectivity index (χ1) is 10.7. The fourth-order valence-electron chi connectivity index (χ4n) is 1.63. The Hall–Kier alpha value is -2.66. The molecule has 0 saturated heterocycles. The number of carbonyl (C=O) groups is 2. The number of hydrogen-bond donors (Lipinski definition) is 2. The minimum atomic E-state index is -0.124. The third-order valence-corrected chi connectivity index (χ3v) is 2.76. The van der Waals surface area contributed by atoms with Gasteiger partial charge in [0.15, 0.2) is 11.6 Å². The van der Waals surface area contributed by atoms with Crippen LogP contribution in [0.2, 0.25) is 0 Å². The molecule has 0 bridgehead atoms. The van der Waals surface area contributed by atoms with Gasteiger partial charge in [-0.25, -0.2) is 4.99 Å². The average Bonchev–Trinajstić information content (AvgIpc) is 2.54. The molecule has 0 aromatic carbocycles. The van der Waals surface area contributed by atoms with Gasteiger partial charge in [-0.1, -0.05) is 24.3 Å². The summed E-state index contributed by atoms with van der Waals surface area (Å²) in [6, 6.07) is 0.155. The fraction of sp³-hybridized carbons (Fsp3) is 0.0625. The zero-order valence-electron chi connectivity index (χ0n) is 12.3. The monoisotopic (exact) mass is 355 g/mol. The molecule has 2 N–H and O–H groups in total. The van der Waals surface area contributed by atoms with Gasteiger partial charge in [0.2, 0.25) is 0 Å². The van der Waals surface area contributed by atoms with Crippen LogP contribution in [0.1, 0.15) is 0 Å². The number of rotatable bonds is 3. The largest absolute Gasteiger partial charge is 0.467 e. The quantitative estimate of drug-likeness (QED) is 0.262. The Bertz CT molecular complexity index is 683. The SMILES string of the molecule is COC(=N/C=C1/C=CC=CC1=O)NN/C=C1/C=CC=CC1=O.[Ni]. The van der Waals surface area contributed by atoms with Crippen LogP contribution in [0.15, 0.2) is 77.1 Å². The maximum atomic E-state index is 11.5. The number of allylic oxidation sites excluding steroid dienone is 10. The van der Waals surface area contributed by atoms with Gasteiger partial charge in [-0.05, 0) is 24.3 Å². The normalized spacial score (nSPS) is 20.0. The number of hydrazine groups is 1. The number of ether oxygens (including phenoxy) is 1. The minimum Gasteiger partial charge on any atom is -0.467 e. The van der Waals surface area contributed by atoms with Gasteiger partial charge in [0.1, 0.15) is 0 Å². The summed E-state index contributed by atoms with van der Waals surface area (Å²) >= 11 is 0. The fourth-order valence-corrected chi connectivity index (χ4v) is 1.63. The van der Waals surface area contributed by atoms with E-state index < -0.39 is 0 Å². The first kappa shape index (κ1) is 18.4. The van der Waals surface area contributed by atoms with Crippen molar-refractivity contribution in [3.63, 3.8) is 0 Å². The molecule has 0 amide bonds. The van der Waals surface area contributed by atoms with Crippen LogP contribution in [-0.2, 0) is 30.8 Å². The van der Waals surface area contributed by atoms with Crippen molar-refractivity contribution in [3.05, 3.63) is 72.2 Å². The van der Waals surface area contributed by atoms with Crippen molar-refractivity contribution in [2.75, 3.05) is 7.11 Å². The molecule has 0 fully saturated rings. The first-order valence-electron chi connectivity index (χ1n) is 6.52. The smallest absolute Gasteiger partial charge is 0.308 e. The van der Waals surface area contributed by atoms with E-state index in [0.29, 0.717) is 11.1 Å². The number of hydrogen-bond acceptors (Lipinski definition) is 5. The molecule has 122 valence electrons. The van der Waals surface area contributed by atoms with E-state index in [1.807, 2.05) is 0 Å². The standard InChI is InChI=1S/C16H15N3O3.Ni/c1-22-16(17-10-12-6-2-4-8-14(12)20)19-18-11-13-7-3-5-9-15(13)21;/h2-11,18H,1H3,(H,17,19);/b12-10-,13-11-;. The summed E-state index contributed by atoms with van der Waals surface area (Å²) in [5, 5.41) is 0. The second-order valence-corrected chi connectivity index (χ2v) is 4.26. The molecule has 2 aliphatic rings. The molecule has 6 nitrogen and oxygen atoms in total. The molecule has 0 radical (unpaired) electrons. The number of nitrogens with one attached hydrogen (secondary N) is 2. The van der Waals surface area contributed by atoms with Crippen molar-refractivity contribution in [2.45, 2.75) is 0 Å². The van der Waals surface area contributed by atoms with Crippen LogP contribution in [0.25, 0.3) is 0 Å². The van der Waals surface area contributed by atoms with Crippen LogP contribution in [0.4, 0.5) is 0 Å². The Kier molecular flexibility index (Phi) is 7.50. The van der Waals surface area contributed by atoms with E-state index in [1.54, 1.807) is 36.5 Å². The van der Waals surface area contributed by atoms with E-state index >= 15 is 0 Å². The Morgan fingerprint density at radius 3 is 2.13 bits per heavy atom. The van der Waals surface area contributed by atoms with Crippen molar-refractivity contribution in [1.29, 1.82) is 0 Å². The van der Waals surface area contributed by atoms with E-state index in [9.17, 15) is 9.59 Å². The van der Waals surface area contributed by atoms with E-state index in [0.717, 1.165) is 0 Å². The zero-order valence-corrected chi connectivity index (χ0v) is 13.2. The maximum Gasteiger partial charge on any atom is 0.308 e. The van der Waals surface area contributed by atoms with Crippen LogP contribution in [-0.4, -0.2) is 24.7 Å². The molecule has 2 aliphatic carbocycles. The van der Waals surface area contributed by atoms with Crippen molar-refractivity contribution in [3.8, 4) is 0 Å². The number of aliphatic imine (C=N–C) groups is 1. The van der Waals surface area contributed by atoms with Gasteiger partial charge in [-0.15, -0.1) is 0 Å². The second-order valence-electron chi connectivity index (χ2n) is 4.26. The van der Waals surface area contributed by atoms with Crippen molar-refractivity contribution in [2.24, 2.45) is 4.99 Å². The van der Waals surface area contributed by atoms with Gasteiger partial charge in [-0.2, -0.15) is 0 Å². The van der Waals surface area contributed by atoms with Crippen LogP contribution >= 0.6 is 0 Å².